The van der Waals surface area contributed by atoms with Crippen LogP contribution in [0.4, 0.5) is 0 Å². The lowest BCUT2D eigenvalue weighted by Gasteiger charge is -2.33. The van der Waals surface area contributed by atoms with Gasteiger partial charge in [0, 0.05) is 6.04 Å². The van der Waals surface area contributed by atoms with E-state index in [9.17, 15) is 5.11 Å². The van der Waals surface area contributed by atoms with E-state index in [4.69, 9.17) is 9.47 Å². The first kappa shape index (κ1) is 15.1. The molecule has 1 aliphatic heterocycles. The van der Waals surface area contributed by atoms with Crippen molar-refractivity contribution in [3.05, 3.63) is 23.8 Å². The Morgan fingerprint density at radius 2 is 1.90 bits per heavy atom. The van der Waals surface area contributed by atoms with Crippen LogP contribution in [0.2, 0.25) is 0 Å². The van der Waals surface area contributed by atoms with Gasteiger partial charge in [-0.25, -0.2) is 0 Å². The van der Waals surface area contributed by atoms with Crippen LogP contribution in [0, 0.1) is 0 Å². The quantitative estimate of drug-likeness (QED) is 0.869. The average molecular weight is 279 g/mol. The predicted octanol–water partition coefficient (Wildman–Crippen LogP) is 2.44. The summed E-state index contributed by atoms with van der Waals surface area (Å²) in [6.45, 7) is 2.87. The van der Waals surface area contributed by atoms with Gasteiger partial charge in [-0.2, -0.15) is 0 Å². The summed E-state index contributed by atoms with van der Waals surface area (Å²) in [5.41, 5.74) is -0.246. The van der Waals surface area contributed by atoms with Crippen molar-refractivity contribution < 1.29 is 14.6 Å². The molecule has 1 heterocycles. The number of ether oxygens (including phenoxy) is 2. The topological polar surface area (TPSA) is 50.7 Å². The molecule has 0 aromatic heterocycles. The normalized spacial score (nSPS) is 22.1. The third kappa shape index (κ3) is 3.25. The van der Waals surface area contributed by atoms with E-state index >= 15 is 0 Å². The number of nitrogens with one attached hydrogen (secondary N) is 1. The molecule has 1 saturated heterocycles. The highest BCUT2D eigenvalue weighted by molar-refractivity contribution is 5.48. The molecule has 0 aliphatic carbocycles. The monoisotopic (exact) mass is 279 g/mol. The Kier molecular flexibility index (Phi) is 4.89. The second-order valence-electron chi connectivity index (χ2n) is 5.66. The van der Waals surface area contributed by atoms with E-state index in [1.165, 1.54) is 12.8 Å². The van der Waals surface area contributed by atoms with Gasteiger partial charge in [0.1, 0.15) is 11.5 Å². The Labute approximate surface area is 121 Å². The molecule has 20 heavy (non-hydrogen) atoms. The van der Waals surface area contributed by atoms with E-state index < -0.39 is 5.60 Å². The Morgan fingerprint density at radius 1 is 1.25 bits per heavy atom. The molecule has 1 aromatic rings. The molecule has 1 aromatic carbocycles. The number of piperidine rings is 1. The van der Waals surface area contributed by atoms with Crippen molar-refractivity contribution in [2.45, 2.75) is 44.2 Å². The molecule has 112 valence electrons. The van der Waals surface area contributed by atoms with Crippen LogP contribution in [0.3, 0.4) is 0 Å². The molecular formula is C16H25NO3. The minimum atomic E-state index is -0.979. The van der Waals surface area contributed by atoms with E-state index in [-0.39, 0.29) is 0 Å². The number of benzene rings is 1. The highest BCUT2D eigenvalue weighted by atomic mass is 16.5. The summed E-state index contributed by atoms with van der Waals surface area (Å²) >= 11 is 0. The van der Waals surface area contributed by atoms with Crippen LogP contribution in [-0.4, -0.2) is 31.9 Å². The largest absolute Gasteiger partial charge is 0.496 e. The minimum absolute atomic E-state index is 0.341. The summed E-state index contributed by atoms with van der Waals surface area (Å²) in [7, 11) is 3.24. The first-order valence-electron chi connectivity index (χ1n) is 7.25. The van der Waals surface area contributed by atoms with E-state index in [0.29, 0.717) is 24.0 Å². The molecule has 4 heteroatoms. The van der Waals surface area contributed by atoms with Gasteiger partial charge < -0.3 is 19.9 Å². The lowest BCUT2D eigenvalue weighted by molar-refractivity contribution is 0.0287. The van der Waals surface area contributed by atoms with Crippen molar-refractivity contribution in [1.82, 2.24) is 5.32 Å². The Balaban J connectivity index is 2.27. The zero-order valence-corrected chi connectivity index (χ0v) is 12.6. The van der Waals surface area contributed by atoms with Crippen LogP contribution in [0.15, 0.2) is 18.2 Å². The SMILES string of the molecule is COc1cccc(OC)c1C(C)(O)CC1CCCCN1. The van der Waals surface area contributed by atoms with Crippen LogP contribution in [0.5, 0.6) is 11.5 Å². The summed E-state index contributed by atoms with van der Waals surface area (Å²) in [4.78, 5) is 0. The number of rotatable bonds is 5. The van der Waals surface area contributed by atoms with Gasteiger partial charge in [-0.1, -0.05) is 12.5 Å². The van der Waals surface area contributed by atoms with Crippen molar-refractivity contribution in [3.8, 4) is 11.5 Å². The van der Waals surface area contributed by atoms with Crippen LogP contribution in [0.25, 0.3) is 0 Å². The van der Waals surface area contributed by atoms with Gasteiger partial charge in [-0.05, 0) is 44.9 Å². The van der Waals surface area contributed by atoms with Crippen molar-refractivity contribution >= 4 is 0 Å². The van der Waals surface area contributed by atoms with Crippen molar-refractivity contribution in [3.63, 3.8) is 0 Å². The van der Waals surface area contributed by atoms with E-state index in [1.807, 2.05) is 25.1 Å². The maximum Gasteiger partial charge on any atom is 0.128 e. The Bertz CT molecular complexity index is 417. The second kappa shape index (κ2) is 6.46. The molecule has 2 N–H and O–H groups in total. The lowest BCUT2D eigenvalue weighted by Crippen LogP contribution is -2.40. The second-order valence-corrected chi connectivity index (χ2v) is 5.66. The van der Waals surface area contributed by atoms with Gasteiger partial charge in [-0.3, -0.25) is 0 Å². The van der Waals surface area contributed by atoms with Crippen LogP contribution in [-0.2, 0) is 5.60 Å². The molecule has 0 saturated carbocycles. The minimum Gasteiger partial charge on any atom is -0.496 e. The van der Waals surface area contributed by atoms with Crippen molar-refractivity contribution in [1.29, 1.82) is 0 Å². The van der Waals surface area contributed by atoms with Crippen molar-refractivity contribution in [2.24, 2.45) is 0 Å². The van der Waals surface area contributed by atoms with Gasteiger partial charge in [0.2, 0.25) is 0 Å². The van der Waals surface area contributed by atoms with Crippen molar-refractivity contribution in [2.75, 3.05) is 20.8 Å². The Morgan fingerprint density at radius 3 is 2.40 bits per heavy atom. The van der Waals surface area contributed by atoms with Crippen LogP contribution >= 0.6 is 0 Å². The standard InChI is InChI=1S/C16H25NO3/c1-16(18,11-12-7-4-5-10-17-12)15-13(19-2)8-6-9-14(15)20-3/h6,8-9,12,17-18H,4-5,7,10-11H2,1-3H3. The average Bonchev–Trinajstić information content (AvgIpc) is 2.46. The fourth-order valence-electron chi connectivity index (χ4n) is 3.06. The molecule has 0 spiro atoms. The van der Waals surface area contributed by atoms with Gasteiger partial charge >= 0.3 is 0 Å². The molecule has 0 radical (unpaired) electrons. The Hall–Kier alpha value is -1.26. The zero-order valence-electron chi connectivity index (χ0n) is 12.6. The zero-order chi connectivity index (χ0) is 14.6. The number of hydrogen-bond donors (Lipinski definition) is 2. The van der Waals surface area contributed by atoms with E-state index in [2.05, 4.69) is 5.32 Å². The van der Waals surface area contributed by atoms with E-state index in [1.54, 1.807) is 14.2 Å². The van der Waals surface area contributed by atoms with Crippen LogP contribution in [0.1, 0.15) is 38.2 Å². The maximum absolute atomic E-state index is 11.0. The van der Waals surface area contributed by atoms with Gasteiger partial charge in [0.15, 0.2) is 0 Å². The van der Waals surface area contributed by atoms with Crippen LogP contribution < -0.4 is 14.8 Å². The summed E-state index contributed by atoms with van der Waals surface area (Å²) in [6, 6.07) is 5.94. The molecule has 1 aliphatic rings. The summed E-state index contributed by atoms with van der Waals surface area (Å²) in [5, 5.41) is 14.4. The smallest absolute Gasteiger partial charge is 0.128 e. The molecule has 1 fully saturated rings. The molecule has 0 amide bonds. The molecular weight excluding hydrogens is 254 g/mol. The highest BCUT2D eigenvalue weighted by Gasteiger charge is 2.33. The van der Waals surface area contributed by atoms with E-state index in [0.717, 1.165) is 18.5 Å². The fourth-order valence-corrected chi connectivity index (χ4v) is 3.06. The first-order chi connectivity index (χ1) is 9.58. The van der Waals surface area contributed by atoms with Gasteiger partial charge in [0.25, 0.3) is 0 Å². The molecule has 2 unspecified atom stereocenters. The summed E-state index contributed by atoms with van der Waals surface area (Å²) in [6.07, 6.45) is 4.20. The number of hydrogen-bond acceptors (Lipinski definition) is 4. The summed E-state index contributed by atoms with van der Waals surface area (Å²) in [5.74, 6) is 1.34. The third-order valence-corrected chi connectivity index (χ3v) is 4.02. The lowest BCUT2D eigenvalue weighted by atomic mass is 9.85. The molecule has 4 nitrogen and oxygen atoms in total. The number of methoxy groups -OCH3 is 2. The summed E-state index contributed by atoms with van der Waals surface area (Å²) < 4.78 is 10.8. The predicted molar refractivity (Wildman–Crippen MR) is 79.4 cm³/mol. The third-order valence-electron chi connectivity index (χ3n) is 4.02. The molecule has 2 rings (SSSR count). The number of aliphatic hydroxyl groups is 1. The molecule has 2 atom stereocenters. The van der Waals surface area contributed by atoms with Gasteiger partial charge in [0.05, 0.1) is 25.4 Å². The maximum atomic E-state index is 11.0. The highest BCUT2D eigenvalue weighted by Crippen LogP contribution is 2.40. The molecule has 0 bridgehead atoms. The fraction of sp³-hybridized carbons (Fsp3) is 0.625. The first-order valence-corrected chi connectivity index (χ1v) is 7.25. The van der Waals surface area contributed by atoms with Gasteiger partial charge in [-0.15, -0.1) is 0 Å².